The van der Waals surface area contributed by atoms with Gasteiger partial charge in [0.2, 0.25) is 5.91 Å². The van der Waals surface area contributed by atoms with E-state index in [4.69, 9.17) is 0 Å². The molecule has 2 rings (SSSR count). The molecule has 1 aliphatic carbocycles. The molecule has 1 aliphatic heterocycles. The Hall–Kier alpha value is -0.0900. The maximum Gasteiger partial charge on any atom is 0.225 e. The minimum absolute atomic E-state index is 0.313. The van der Waals surface area contributed by atoms with Gasteiger partial charge in [-0.1, -0.05) is 29.3 Å². The molecule has 2 fully saturated rings. The van der Waals surface area contributed by atoms with Crippen LogP contribution in [0.25, 0.3) is 0 Å². The summed E-state index contributed by atoms with van der Waals surface area (Å²) in [6, 6.07) is 0. The molecule has 1 saturated carbocycles. The molecule has 1 saturated heterocycles. The second kappa shape index (κ2) is 6.90. The summed E-state index contributed by atoms with van der Waals surface area (Å²) in [5, 5.41) is 1.03. The summed E-state index contributed by atoms with van der Waals surface area (Å²) in [5.41, 5.74) is 0. The predicted molar refractivity (Wildman–Crippen MR) is 77.9 cm³/mol. The average Bonchev–Trinajstić information content (AvgIpc) is 2.64. The van der Waals surface area contributed by atoms with Gasteiger partial charge in [0.25, 0.3) is 0 Å². The average molecular weight is 317 g/mol. The fourth-order valence-corrected chi connectivity index (χ4v) is 3.78. The first-order valence-corrected chi connectivity index (χ1v) is 8.41. The van der Waals surface area contributed by atoms with Gasteiger partial charge in [0.1, 0.15) is 0 Å². The second-order valence-electron chi connectivity index (χ2n) is 5.72. The predicted octanol–water partition coefficient (Wildman–Crippen LogP) is 2.35. The summed E-state index contributed by atoms with van der Waals surface area (Å²) in [6.07, 6.45) is 4.71. The summed E-state index contributed by atoms with van der Waals surface area (Å²) < 4.78 is 0. The zero-order valence-electron chi connectivity index (χ0n) is 11.4. The quantitative estimate of drug-likeness (QED) is 0.746. The monoisotopic (exact) mass is 316 g/mol. The van der Waals surface area contributed by atoms with Crippen molar-refractivity contribution in [1.82, 2.24) is 9.80 Å². The fraction of sp³-hybridized carbons (Fsp3) is 0.929. The van der Waals surface area contributed by atoms with E-state index in [9.17, 15) is 4.79 Å². The number of rotatable bonds is 3. The standard InChI is InChI=1S/C14H25BrN2O/c1-12-4-2-5-13(12)14(18)17-8-3-7-16(9-6-15)10-11-17/h12-13H,2-11H2,1H3. The number of amides is 1. The summed E-state index contributed by atoms with van der Waals surface area (Å²) in [5.74, 6) is 1.34. The Balaban J connectivity index is 1.87. The van der Waals surface area contributed by atoms with Gasteiger partial charge >= 0.3 is 0 Å². The molecule has 1 amide bonds. The van der Waals surface area contributed by atoms with E-state index in [0.717, 1.165) is 50.9 Å². The molecule has 0 N–H and O–H groups in total. The highest BCUT2D eigenvalue weighted by Gasteiger charge is 2.33. The highest BCUT2D eigenvalue weighted by molar-refractivity contribution is 9.09. The molecule has 2 atom stereocenters. The van der Waals surface area contributed by atoms with Crippen molar-refractivity contribution in [3.63, 3.8) is 0 Å². The lowest BCUT2D eigenvalue weighted by molar-refractivity contribution is -0.136. The molecule has 1 heterocycles. The molecule has 0 aromatic heterocycles. The van der Waals surface area contributed by atoms with E-state index in [1.54, 1.807) is 0 Å². The third-order valence-corrected chi connectivity index (χ3v) is 4.83. The van der Waals surface area contributed by atoms with Crippen LogP contribution in [0.3, 0.4) is 0 Å². The minimum Gasteiger partial charge on any atom is -0.341 e. The van der Waals surface area contributed by atoms with Crippen LogP contribution in [0, 0.1) is 11.8 Å². The van der Waals surface area contributed by atoms with Gasteiger partial charge in [-0.25, -0.2) is 0 Å². The van der Waals surface area contributed by atoms with Gasteiger partial charge in [0.05, 0.1) is 0 Å². The van der Waals surface area contributed by atoms with Crippen molar-refractivity contribution in [2.24, 2.45) is 11.8 Å². The van der Waals surface area contributed by atoms with Gasteiger partial charge < -0.3 is 9.80 Å². The largest absolute Gasteiger partial charge is 0.341 e. The van der Waals surface area contributed by atoms with Gasteiger partial charge in [-0.15, -0.1) is 0 Å². The van der Waals surface area contributed by atoms with E-state index in [0.29, 0.717) is 17.7 Å². The molecular weight excluding hydrogens is 292 g/mol. The first-order chi connectivity index (χ1) is 8.72. The molecule has 3 nitrogen and oxygen atoms in total. The summed E-state index contributed by atoms with van der Waals surface area (Å²) in [4.78, 5) is 17.1. The Bertz CT molecular complexity index is 285. The fourth-order valence-electron chi connectivity index (χ4n) is 3.28. The zero-order valence-corrected chi connectivity index (χ0v) is 13.0. The summed E-state index contributed by atoms with van der Waals surface area (Å²) in [7, 11) is 0. The molecule has 0 radical (unpaired) electrons. The zero-order chi connectivity index (χ0) is 13.0. The maximum atomic E-state index is 12.5. The molecule has 18 heavy (non-hydrogen) atoms. The third kappa shape index (κ3) is 3.47. The van der Waals surface area contributed by atoms with Crippen LogP contribution in [-0.2, 0) is 4.79 Å². The number of alkyl halides is 1. The molecule has 0 spiro atoms. The lowest BCUT2D eigenvalue weighted by atomic mass is 9.96. The normalized spacial score (nSPS) is 30.4. The number of halogens is 1. The lowest BCUT2D eigenvalue weighted by Crippen LogP contribution is -2.39. The van der Waals surface area contributed by atoms with E-state index in [-0.39, 0.29) is 0 Å². The summed E-state index contributed by atoms with van der Waals surface area (Å²) >= 11 is 3.49. The molecule has 2 unspecified atom stereocenters. The smallest absolute Gasteiger partial charge is 0.225 e. The molecule has 0 bridgehead atoms. The number of nitrogens with zero attached hydrogens (tertiary/aromatic N) is 2. The highest BCUT2D eigenvalue weighted by atomic mass is 79.9. The highest BCUT2D eigenvalue weighted by Crippen LogP contribution is 2.32. The van der Waals surface area contributed by atoms with Crippen molar-refractivity contribution in [3.05, 3.63) is 0 Å². The van der Waals surface area contributed by atoms with Crippen LogP contribution in [0.15, 0.2) is 0 Å². The van der Waals surface area contributed by atoms with E-state index < -0.39 is 0 Å². The molecule has 0 aromatic rings. The molecule has 104 valence electrons. The van der Waals surface area contributed by atoms with Gasteiger partial charge in [0, 0.05) is 37.4 Å². The molecular formula is C14H25BrN2O. The number of hydrogen-bond donors (Lipinski definition) is 0. The second-order valence-corrected chi connectivity index (χ2v) is 6.52. The Morgan fingerprint density at radius 1 is 1.17 bits per heavy atom. The van der Waals surface area contributed by atoms with E-state index in [2.05, 4.69) is 32.7 Å². The van der Waals surface area contributed by atoms with Crippen molar-refractivity contribution in [3.8, 4) is 0 Å². The van der Waals surface area contributed by atoms with Crippen LogP contribution in [0.4, 0.5) is 0 Å². The van der Waals surface area contributed by atoms with Crippen LogP contribution < -0.4 is 0 Å². The summed E-state index contributed by atoms with van der Waals surface area (Å²) in [6.45, 7) is 7.40. The van der Waals surface area contributed by atoms with E-state index in [1.165, 1.54) is 12.8 Å². The van der Waals surface area contributed by atoms with Crippen LogP contribution in [0.5, 0.6) is 0 Å². The van der Waals surface area contributed by atoms with E-state index in [1.807, 2.05) is 0 Å². The molecule has 4 heteroatoms. The van der Waals surface area contributed by atoms with Crippen molar-refractivity contribution >= 4 is 21.8 Å². The molecule has 2 aliphatic rings. The Morgan fingerprint density at radius 3 is 2.67 bits per heavy atom. The van der Waals surface area contributed by atoms with Crippen molar-refractivity contribution in [2.45, 2.75) is 32.6 Å². The van der Waals surface area contributed by atoms with Crippen LogP contribution in [-0.4, -0.2) is 53.8 Å². The van der Waals surface area contributed by atoms with Gasteiger partial charge in [-0.05, 0) is 31.7 Å². The Morgan fingerprint density at radius 2 is 2.00 bits per heavy atom. The molecule has 0 aromatic carbocycles. The maximum absolute atomic E-state index is 12.5. The van der Waals surface area contributed by atoms with Crippen LogP contribution in [0.1, 0.15) is 32.6 Å². The Kier molecular flexibility index (Phi) is 5.49. The Labute approximate surface area is 119 Å². The van der Waals surface area contributed by atoms with Crippen LogP contribution >= 0.6 is 15.9 Å². The number of carbonyl (C=O) groups excluding carboxylic acids is 1. The van der Waals surface area contributed by atoms with Gasteiger partial charge in [-0.3, -0.25) is 4.79 Å². The SMILES string of the molecule is CC1CCCC1C(=O)N1CCCN(CCBr)CC1. The van der Waals surface area contributed by atoms with Crippen molar-refractivity contribution in [1.29, 1.82) is 0 Å². The van der Waals surface area contributed by atoms with Gasteiger partial charge in [0.15, 0.2) is 0 Å². The lowest BCUT2D eigenvalue weighted by Gasteiger charge is -2.26. The van der Waals surface area contributed by atoms with Crippen molar-refractivity contribution in [2.75, 3.05) is 38.1 Å². The number of carbonyl (C=O) groups is 1. The van der Waals surface area contributed by atoms with Crippen molar-refractivity contribution < 1.29 is 4.79 Å². The van der Waals surface area contributed by atoms with Gasteiger partial charge in [-0.2, -0.15) is 0 Å². The first-order valence-electron chi connectivity index (χ1n) is 7.29. The van der Waals surface area contributed by atoms with Crippen LogP contribution in [0.2, 0.25) is 0 Å². The third-order valence-electron chi connectivity index (χ3n) is 4.48. The number of hydrogen-bond acceptors (Lipinski definition) is 2. The first kappa shape index (κ1) is 14.3. The van der Waals surface area contributed by atoms with E-state index >= 15 is 0 Å². The topological polar surface area (TPSA) is 23.6 Å². The minimum atomic E-state index is 0.313.